The Morgan fingerprint density at radius 3 is 2.09 bits per heavy atom. The van der Waals surface area contributed by atoms with E-state index in [1.807, 2.05) is 75.6 Å². The molecule has 0 radical (unpaired) electrons. The normalized spacial score (nSPS) is 13.5. The Hall–Kier alpha value is -3.40. The van der Waals surface area contributed by atoms with E-state index in [2.05, 4.69) is 24.1 Å². The molecule has 3 rings (SSSR count). The van der Waals surface area contributed by atoms with E-state index >= 15 is 0 Å². The van der Waals surface area contributed by atoms with Gasteiger partial charge in [-0.2, -0.15) is 4.57 Å². The van der Waals surface area contributed by atoms with Crippen LogP contribution in [0.15, 0.2) is 63.8 Å². The van der Waals surface area contributed by atoms with Crippen LogP contribution >= 0.6 is 0 Å². The topological polar surface area (TPSA) is 115 Å². The lowest BCUT2D eigenvalue weighted by molar-refractivity contribution is -0.597. The summed E-state index contributed by atoms with van der Waals surface area (Å²) in [6, 6.07) is 11.0. The minimum absolute atomic E-state index is 0.0000867. The Morgan fingerprint density at radius 1 is 0.907 bits per heavy atom. The van der Waals surface area contributed by atoms with Crippen molar-refractivity contribution in [3.63, 3.8) is 0 Å². The van der Waals surface area contributed by atoms with Crippen molar-refractivity contribution in [1.82, 2.24) is 9.47 Å². The molecule has 9 heteroatoms. The molecule has 0 fully saturated rings. The van der Waals surface area contributed by atoms with Crippen LogP contribution in [0.4, 0.5) is 11.4 Å². The van der Waals surface area contributed by atoms with E-state index in [9.17, 15) is 20.1 Å². The Morgan fingerprint density at radius 2 is 1.51 bits per heavy atom. The van der Waals surface area contributed by atoms with Crippen LogP contribution in [0.2, 0.25) is 0 Å². The first-order chi connectivity index (χ1) is 20.6. The number of rotatable bonds is 15. The van der Waals surface area contributed by atoms with Crippen molar-refractivity contribution in [3.05, 3.63) is 75.8 Å². The third-order valence-electron chi connectivity index (χ3n) is 8.55. The maximum atomic E-state index is 13.7. The number of aliphatic hydroxyl groups excluding tert-OH is 2. The Kier molecular flexibility index (Phi) is 12.6. The molecule has 0 spiro atoms. The molecule has 2 unspecified atom stereocenters. The van der Waals surface area contributed by atoms with Crippen LogP contribution in [0, 0.1) is 18.8 Å². The summed E-state index contributed by atoms with van der Waals surface area (Å²) in [5, 5.41) is 42.9. The van der Waals surface area contributed by atoms with Gasteiger partial charge in [-0.25, -0.2) is 0 Å². The summed E-state index contributed by atoms with van der Waals surface area (Å²) in [5.41, 5.74) is 2.41. The molecule has 3 aromatic rings. The number of pyridine rings is 2. The number of hydrogen-bond acceptors (Lipinski definition) is 7. The molecule has 43 heavy (non-hydrogen) atoms. The molecule has 0 aliphatic rings. The van der Waals surface area contributed by atoms with Crippen molar-refractivity contribution < 1.29 is 19.9 Å². The molecule has 2 aromatic heterocycles. The van der Waals surface area contributed by atoms with E-state index in [-0.39, 0.29) is 23.4 Å². The molecule has 0 amide bonds. The number of hydrogen-bond donors (Lipinski definition) is 3. The van der Waals surface area contributed by atoms with Crippen molar-refractivity contribution in [2.45, 2.75) is 85.5 Å². The number of aromatic hydroxyl groups is 1. The van der Waals surface area contributed by atoms with E-state index in [0.717, 1.165) is 37.8 Å². The first-order valence-corrected chi connectivity index (χ1v) is 15.6. The van der Waals surface area contributed by atoms with Crippen LogP contribution in [0.3, 0.4) is 0 Å². The molecule has 0 aliphatic carbocycles. The summed E-state index contributed by atoms with van der Waals surface area (Å²) in [7, 11) is 3.93. The average Bonchev–Trinajstić information content (AvgIpc) is 3.00. The van der Waals surface area contributed by atoms with Gasteiger partial charge in [0.25, 0.3) is 17.1 Å². The maximum Gasteiger partial charge on any atom is 0.281 e. The van der Waals surface area contributed by atoms with Crippen molar-refractivity contribution >= 4 is 11.4 Å². The van der Waals surface area contributed by atoms with Gasteiger partial charge in [-0.3, -0.25) is 9.36 Å². The summed E-state index contributed by atoms with van der Waals surface area (Å²) in [6.07, 6.45) is 6.05. The van der Waals surface area contributed by atoms with Gasteiger partial charge in [-0.15, -0.1) is 10.2 Å². The quantitative estimate of drug-likeness (QED) is 0.139. The molecule has 0 aliphatic heterocycles. The minimum atomic E-state index is -0.808. The third kappa shape index (κ3) is 7.96. The molecular formula is C34H50N5O4+. The zero-order chi connectivity index (χ0) is 31.7. The molecule has 234 valence electrons. The molecule has 2 atom stereocenters. The fourth-order valence-electron chi connectivity index (χ4n) is 5.70. The monoisotopic (exact) mass is 592 g/mol. The highest BCUT2D eigenvalue weighted by molar-refractivity contribution is 5.57. The molecule has 1 aromatic carbocycles. The molecule has 0 saturated heterocycles. The van der Waals surface area contributed by atoms with Gasteiger partial charge in [0.05, 0.1) is 23.5 Å². The number of azo groups is 1. The summed E-state index contributed by atoms with van der Waals surface area (Å²) in [6.45, 7) is 11.0. The van der Waals surface area contributed by atoms with Crippen molar-refractivity contribution in [2.75, 3.05) is 20.6 Å². The summed E-state index contributed by atoms with van der Waals surface area (Å²) < 4.78 is 3.12. The third-order valence-corrected chi connectivity index (χ3v) is 8.55. The SMILES string of the molecule is CCC(CC)C(O)c1ccc(/N=N/c2c(C)c(-[n+]3ccccc3)c(O)n(CCCN(C)C)c2=O)c(C(O)C(CC)CC)c1. The van der Waals surface area contributed by atoms with Crippen molar-refractivity contribution in [2.24, 2.45) is 22.1 Å². The maximum absolute atomic E-state index is 13.7. The second-order valence-electron chi connectivity index (χ2n) is 11.6. The first kappa shape index (κ1) is 34.1. The van der Waals surface area contributed by atoms with Gasteiger partial charge in [0.2, 0.25) is 0 Å². The number of nitrogens with zero attached hydrogens (tertiary/aromatic N) is 5. The highest BCUT2D eigenvalue weighted by atomic mass is 16.3. The Labute approximate surface area is 256 Å². The van der Waals surface area contributed by atoms with E-state index in [1.165, 1.54) is 4.57 Å². The van der Waals surface area contributed by atoms with Crippen LogP contribution in [-0.2, 0) is 6.54 Å². The lowest BCUT2D eigenvalue weighted by atomic mass is 9.86. The summed E-state index contributed by atoms with van der Waals surface area (Å²) in [5.74, 6) is -0.0222. The highest BCUT2D eigenvalue weighted by Gasteiger charge is 2.27. The standard InChI is InChI=1S/C34H49N5O4/c1-8-24(9-2)31(40)26-16-17-28(27(22-26)32(41)25(10-3)11-4)35-36-29-23(5)30(38-19-13-12-14-20-38)34(43)39(33(29)42)21-15-18-37(6)7/h12-14,16-17,19-20,22,24-25,31-32,40-41H,8-11,15,18,21H2,1-7H3/p+1. The van der Waals surface area contributed by atoms with Gasteiger partial charge in [-0.05, 0) is 63.5 Å². The zero-order valence-corrected chi connectivity index (χ0v) is 26.9. The molecule has 3 N–H and O–H groups in total. The molecule has 0 saturated carbocycles. The fraction of sp³-hybridized carbons (Fsp3) is 0.529. The molecule has 0 bridgehead atoms. The van der Waals surface area contributed by atoms with Gasteiger partial charge in [0, 0.05) is 24.2 Å². The second kappa shape index (κ2) is 15.9. The van der Waals surface area contributed by atoms with Crippen LogP contribution in [0.1, 0.15) is 88.7 Å². The van der Waals surface area contributed by atoms with Crippen LogP contribution < -0.4 is 10.1 Å². The first-order valence-electron chi connectivity index (χ1n) is 15.6. The smallest absolute Gasteiger partial charge is 0.281 e. The minimum Gasteiger partial charge on any atom is -0.490 e. The number of benzene rings is 1. The lowest BCUT2D eigenvalue weighted by Crippen LogP contribution is -2.34. The highest BCUT2D eigenvalue weighted by Crippen LogP contribution is 2.38. The fourth-order valence-corrected chi connectivity index (χ4v) is 5.70. The Balaban J connectivity index is 2.19. The van der Waals surface area contributed by atoms with Crippen molar-refractivity contribution in [3.8, 4) is 11.6 Å². The van der Waals surface area contributed by atoms with E-state index < -0.39 is 17.8 Å². The van der Waals surface area contributed by atoms with Gasteiger partial charge >= 0.3 is 0 Å². The molecular weight excluding hydrogens is 542 g/mol. The van der Waals surface area contributed by atoms with Gasteiger partial charge < -0.3 is 20.2 Å². The lowest BCUT2D eigenvalue weighted by Gasteiger charge is -2.25. The van der Waals surface area contributed by atoms with Crippen LogP contribution in [0.25, 0.3) is 5.69 Å². The summed E-state index contributed by atoms with van der Waals surface area (Å²) in [4.78, 5) is 15.8. The van der Waals surface area contributed by atoms with Gasteiger partial charge in [-0.1, -0.05) is 65.5 Å². The largest absolute Gasteiger partial charge is 0.490 e. The predicted octanol–water partition coefficient (Wildman–Crippen LogP) is 6.45. The van der Waals surface area contributed by atoms with Crippen molar-refractivity contribution in [1.29, 1.82) is 0 Å². The predicted molar refractivity (Wildman–Crippen MR) is 170 cm³/mol. The summed E-state index contributed by atoms with van der Waals surface area (Å²) >= 11 is 0. The van der Waals surface area contributed by atoms with Crippen LogP contribution in [0.5, 0.6) is 5.88 Å². The van der Waals surface area contributed by atoms with E-state index in [1.54, 1.807) is 17.6 Å². The zero-order valence-electron chi connectivity index (χ0n) is 26.9. The number of aromatic nitrogens is 2. The van der Waals surface area contributed by atoms with Gasteiger partial charge in [0.15, 0.2) is 18.1 Å². The molecule has 2 heterocycles. The van der Waals surface area contributed by atoms with E-state index in [4.69, 9.17) is 0 Å². The number of aliphatic hydroxyl groups is 2. The molecule has 9 nitrogen and oxygen atoms in total. The Bertz CT molecular complexity index is 1410. The average molecular weight is 593 g/mol. The van der Waals surface area contributed by atoms with Gasteiger partial charge in [0.1, 0.15) is 0 Å². The second-order valence-corrected chi connectivity index (χ2v) is 11.6. The van der Waals surface area contributed by atoms with Crippen LogP contribution in [-0.4, -0.2) is 45.4 Å². The van der Waals surface area contributed by atoms with E-state index in [0.29, 0.717) is 35.5 Å².